The molecule has 1 aromatic heterocycles. The smallest absolute Gasteiger partial charge is 0.279 e. The molecule has 1 fully saturated rings. The number of benzene rings is 1. The third-order valence-corrected chi connectivity index (χ3v) is 5.67. The lowest BCUT2D eigenvalue weighted by Gasteiger charge is -2.26. The van der Waals surface area contributed by atoms with E-state index in [1.54, 1.807) is 0 Å². The molecule has 2 aromatic rings. The first-order chi connectivity index (χ1) is 10.6. The van der Waals surface area contributed by atoms with Gasteiger partial charge in [-0.2, -0.15) is 12.7 Å². The molecule has 0 unspecified atom stereocenters. The van der Waals surface area contributed by atoms with Crippen molar-refractivity contribution < 1.29 is 8.42 Å². The highest BCUT2D eigenvalue weighted by atomic mass is 35.5. The van der Waals surface area contributed by atoms with Crippen LogP contribution >= 0.6 is 11.6 Å². The van der Waals surface area contributed by atoms with Crippen molar-refractivity contribution in [2.24, 2.45) is 0 Å². The maximum Gasteiger partial charge on any atom is 0.279 e. The summed E-state index contributed by atoms with van der Waals surface area (Å²) in [6.45, 7) is 2.78. The first-order valence-corrected chi connectivity index (χ1v) is 9.09. The van der Waals surface area contributed by atoms with Crippen molar-refractivity contribution in [3.8, 4) is 0 Å². The third-order valence-electron chi connectivity index (χ3n) is 3.82. The number of hydrogen-bond donors (Lipinski definition) is 3. The summed E-state index contributed by atoms with van der Waals surface area (Å²) in [5, 5.41) is 4.85. The number of aromatic amines is 1. The summed E-state index contributed by atoms with van der Waals surface area (Å²) < 4.78 is 28.5. The standard InChI is InChI=1S/C14H19ClN4O2S/c15-12-1-2-14-13(9-12)11(10-17-14)3-4-18-22(20,21)19-7-5-16-6-8-19/h1-2,9-10,16-18H,3-8H2. The van der Waals surface area contributed by atoms with Crippen LogP contribution in [0.15, 0.2) is 24.4 Å². The van der Waals surface area contributed by atoms with Crippen molar-refractivity contribution in [1.82, 2.24) is 19.3 Å². The summed E-state index contributed by atoms with van der Waals surface area (Å²) in [6.07, 6.45) is 2.52. The Morgan fingerprint density at radius 2 is 2.05 bits per heavy atom. The van der Waals surface area contributed by atoms with E-state index in [1.165, 1.54) is 4.31 Å². The zero-order valence-corrected chi connectivity index (χ0v) is 13.7. The molecule has 2 heterocycles. The Morgan fingerprint density at radius 3 is 2.82 bits per heavy atom. The van der Waals surface area contributed by atoms with Crippen LogP contribution in [0, 0.1) is 0 Å². The predicted octanol–water partition coefficient (Wildman–Crippen LogP) is 1.10. The van der Waals surface area contributed by atoms with Crippen LogP contribution < -0.4 is 10.0 Å². The van der Waals surface area contributed by atoms with E-state index in [4.69, 9.17) is 11.6 Å². The van der Waals surface area contributed by atoms with Crippen molar-refractivity contribution >= 4 is 32.7 Å². The van der Waals surface area contributed by atoms with Gasteiger partial charge in [-0.25, -0.2) is 4.72 Å². The van der Waals surface area contributed by atoms with Gasteiger partial charge in [-0.1, -0.05) is 11.6 Å². The van der Waals surface area contributed by atoms with Gasteiger partial charge in [-0.05, 0) is 30.2 Å². The van der Waals surface area contributed by atoms with Crippen LogP contribution in [0.1, 0.15) is 5.56 Å². The van der Waals surface area contributed by atoms with Gasteiger partial charge in [0.2, 0.25) is 0 Å². The highest BCUT2D eigenvalue weighted by Gasteiger charge is 2.22. The number of nitrogens with one attached hydrogen (secondary N) is 3. The molecule has 0 amide bonds. The van der Waals surface area contributed by atoms with Gasteiger partial charge >= 0.3 is 0 Å². The van der Waals surface area contributed by atoms with E-state index < -0.39 is 10.2 Å². The molecule has 1 aromatic carbocycles. The molecule has 1 saturated heterocycles. The summed E-state index contributed by atoms with van der Waals surface area (Å²) in [4.78, 5) is 3.17. The van der Waals surface area contributed by atoms with Crippen molar-refractivity contribution in [2.45, 2.75) is 6.42 Å². The molecule has 3 N–H and O–H groups in total. The number of hydrogen-bond acceptors (Lipinski definition) is 3. The first kappa shape index (κ1) is 15.8. The maximum absolute atomic E-state index is 12.2. The fourth-order valence-corrected chi connectivity index (χ4v) is 4.03. The molecule has 8 heteroatoms. The van der Waals surface area contributed by atoms with E-state index in [-0.39, 0.29) is 0 Å². The topological polar surface area (TPSA) is 77.2 Å². The van der Waals surface area contributed by atoms with Gasteiger partial charge in [0, 0.05) is 54.8 Å². The molecule has 120 valence electrons. The number of rotatable bonds is 5. The van der Waals surface area contributed by atoms with Crippen LogP contribution in [0.2, 0.25) is 5.02 Å². The number of nitrogens with zero attached hydrogens (tertiary/aromatic N) is 1. The fourth-order valence-electron chi connectivity index (χ4n) is 2.65. The van der Waals surface area contributed by atoms with E-state index in [0.29, 0.717) is 44.2 Å². The van der Waals surface area contributed by atoms with Crippen molar-refractivity contribution in [3.05, 3.63) is 35.0 Å². The van der Waals surface area contributed by atoms with E-state index in [2.05, 4.69) is 15.0 Å². The van der Waals surface area contributed by atoms with Crippen LogP contribution in [0.5, 0.6) is 0 Å². The van der Waals surface area contributed by atoms with Crippen LogP contribution in [-0.2, 0) is 16.6 Å². The van der Waals surface area contributed by atoms with Gasteiger partial charge in [-0.15, -0.1) is 0 Å². The summed E-state index contributed by atoms with van der Waals surface area (Å²) in [5.74, 6) is 0. The molecule has 6 nitrogen and oxygen atoms in total. The minimum absolute atomic E-state index is 0.367. The Hall–Kier alpha value is -1.12. The third kappa shape index (κ3) is 3.44. The quantitative estimate of drug-likeness (QED) is 0.761. The lowest BCUT2D eigenvalue weighted by Crippen LogP contribution is -2.50. The summed E-state index contributed by atoms with van der Waals surface area (Å²) in [6, 6.07) is 5.65. The van der Waals surface area contributed by atoms with Crippen LogP contribution in [0.3, 0.4) is 0 Å². The number of H-pyrrole nitrogens is 1. The Kier molecular flexibility index (Phi) is 4.70. The van der Waals surface area contributed by atoms with E-state index in [9.17, 15) is 8.42 Å². The fraction of sp³-hybridized carbons (Fsp3) is 0.429. The van der Waals surface area contributed by atoms with Gasteiger partial charge in [0.1, 0.15) is 0 Å². The Bertz CT molecular complexity index is 753. The monoisotopic (exact) mass is 342 g/mol. The average molecular weight is 343 g/mol. The molecule has 3 rings (SSSR count). The van der Waals surface area contributed by atoms with E-state index in [1.807, 2.05) is 24.4 Å². The van der Waals surface area contributed by atoms with Gasteiger partial charge in [0.25, 0.3) is 10.2 Å². The maximum atomic E-state index is 12.2. The second-order valence-corrected chi connectivity index (χ2v) is 7.49. The van der Waals surface area contributed by atoms with Gasteiger partial charge in [0.15, 0.2) is 0 Å². The normalized spacial score (nSPS) is 17.1. The molecule has 0 saturated carbocycles. The average Bonchev–Trinajstić information content (AvgIpc) is 2.90. The highest BCUT2D eigenvalue weighted by molar-refractivity contribution is 7.87. The predicted molar refractivity (Wildman–Crippen MR) is 88.4 cm³/mol. The van der Waals surface area contributed by atoms with E-state index >= 15 is 0 Å². The minimum Gasteiger partial charge on any atom is -0.361 e. The molecule has 22 heavy (non-hydrogen) atoms. The second-order valence-electron chi connectivity index (χ2n) is 5.30. The zero-order valence-electron chi connectivity index (χ0n) is 12.1. The second kappa shape index (κ2) is 6.55. The van der Waals surface area contributed by atoms with Crippen molar-refractivity contribution in [1.29, 1.82) is 0 Å². The summed E-state index contributed by atoms with van der Waals surface area (Å²) in [7, 11) is -3.39. The molecular formula is C14H19ClN4O2S. The number of fused-ring (bicyclic) bond motifs is 1. The SMILES string of the molecule is O=S(=O)(NCCc1c[nH]c2ccc(Cl)cc12)N1CCNCC1. The highest BCUT2D eigenvalue weighted by Crippen LogP contribution is 2.22. The lowest BCUT2D eigenvalue weighted by atomic mass is 10.1. The van der Waals surface area contributed by atoms with Gasteiger partial charge in [0.05, 0.1) is 0 Å². The molecular weight excluding hydrogens is 324 g/mol. The summed E-state index contributed by atoms with van der Waals surface area (Å²) in [5.41, 5.74) is 2.06. The molecule has 0 radical (unpaired) electrons. The Balaban J connectivity index is 1.63. The van der Waals surface area contributed by atoms with Crippen LogP contribution in [0.4, 0.5) is 0 Å². The first-order valence-electron chi connectivity index (χ1n) is 7.27. The lowest BCUT2D eigenvalue weighted by molar-refractivity contribution is 0.355. The zero-order chi connectivity index (χ0) is 15.6. The Labute approximate surface area is 135 Å². The number of piperazine rings is 1. The van der Waals surface area contributed by atoms with Crippen molar-refractivity contribution in [3.63, 3.8) is 0 Å². The summed E-state index contributed by atoms with van der Waals surface area (Å²) >= 11 is 6.02. The minimum atomic E-state index is -3.39. The van der Waals surface area contributed by atoms with Crippen LogP contribution in [0.25, 0.3) is 10.9 Å². The molecule has 1 aliphatic rings. The van der Waals surface area contributed by atoms with E-state index in [0.717, 1.165) is 16.5 Å². The molecule has 0 bridgehead atoms. The van der Waals surface area contributed by atoms with Gasteiger partial charge < -0.3 is 10.3 Å². The van der Waals surface area contributed by atoms with Crippen molar-refractivity contribution in [2.75, 3.05) is 32.7 Å². The molecule has 0 aliphatic carbocycles. The van der Waals surface area contributed by atoms with Gasteiger partial charge in [-0.3, -0.25) is 0 Å². The number of aromatic nitrogens is 1. The van der Waals surface area contributed by atoms with Crippen LogP contribution in [-0.4, -0.2) is 50.4 Å². The molecule has 0 atom stereocenters. The Morgan fingerprint density at radius 1 is 1.27 bits per heavy atom. The largest absolute Gasteiger partial charge is 0.361 e. The number of halogens is 1. The molecule has 0 spiro atoms. The molecule has 1 aliphatic heterocycles.